The Morgan fingerprint density at radius 2 is 1.75 bits per heavy atom. The Bertz CT molecular complexity index is 179. The number of rotatable bonds is 0. The van der Waals surface area contributed by atoms with Crippen LogP contribution in [0.4, 0.5) is 0 Å². The van der Waals surface area contributed by atoms with Crippen molar-refractivity contribution in [3.63, 3.8) is 0 Å². The Hall–Kier alpha value is 0.574. The van der Waals surface area contributed by atoms with Crippen molar-refractivity contribution in [3.8, 4) is 0 Å². The second-order valence-electron chi connectivity index (χ2n) is 3.27. The van der Waals surface area contributed by atoms with E-state index < -0.39 is 0 Å². The maximum atomic E-state index is 3.05. The molecule has 0 amide bonds. The van der Waals surface area contributed by atoms with Crippen LogP contribution in [0.3, 0.4) is 0 Å². The quantitative estimate of drug-likeness (QED) is 0.353. The average Bonchev–Trinajstić information content (AvgIpc) is 2.08. The van der Waals surface area contributed by atoms with Gasteiger partial charge in [-0.15, -0.1) is 11.8 Å². The third-order valence-electron chi connectivity index (χ3n) is 1.35. The van der Waals surface area contributed by atoms with E-state index in [0.29, 0.717) is 0 Å². The molecule has 0 fully saturated rings. The molecule has 12 heavy (non-hydrogen) atoms. The average molecular weight is 241 g/mol. The van der Waals surface area contributed by atoms with Crippen molar-refractivity contribution in [1.82, 2.24) is 4.98 Å². The van der Waals surface area contributed by atoms with Crippen LogP contribution in [0.15, 0.2) is 12.3 Å². The summed E-state index contributed by atoms with van der Waals surface area (Å²) in [5.74, 6) is 0. The number of hydrogen-bond donors (Lipinski definition) is 1. The minimum absolute atomic E-state index is 0. The van der Waals surface area contributed by atoms with Crippen LogP contribution in [0.1, 0.15) is 26.3 Å². The predicted molar refractivity (Wildman–Crippen MR) is 38.3 cm³/mol. The van der Waals surface area contributed by atoms with Gasteiger partial charge in [-0.25, -0.2) is 0 Å². The van der Waals surface area contributed by atoms with E-state index in [4.69, 9.17) is 0 Å². The summed E-state index contributed by atoms with van der Waals surface area (Å²) < 4.78 is 0. The zero-order valence-corrected chi connectivity index (χ0v) is 10.5. The molecule has 0 saturated carbocycles. The van der Waals surface area contributed by atoms with Crippen molar-refractivity contribution < 1.29 is 46.5 Å². The Morgan fingerprint density at radius 1 is 1.25 bits per heavy atom. The van der Waals surface area contributed by atoms with Gasteiger partial charge in [-0.1, -0.05) is 20.8 Å². The molecule has 67 valence electrons. The van der Waals surface area contributed by atoms with Gasteiger partial charge in [0.05, 0.1) is 0 Å². The summed E-state index contributed by atoms with van der Waals surface area (Å²) in [5, 5.41) is 0. The molecule has 0 unspecified atom stereocenters. The van der Waals surface area contributed by atoms with Crippen LogP contribution in [0.2, 0.25) is 0 Å². The molecule has 0 aliphatic carbocycles. The molecule has 1 heterocycles. The Morgan fingerprint density at radius 3 is 1.92 bits per heavy atom. The molecule has 0 saturated heterocycles. The van der Waals surface area contributed by atoms with Crippen LogP contribution < -0.4 is 24.8 Å². The molecule has 0 spiro atoms. The van der Waals surface area contributed by atoms with Crippen LogP contribution in [-0.2, 0) is 27.1 Å². The Balaban J connectivity index is -0.000000270. The molecule has 1 N–H and O–H groups in total. The largest absolute Gasteiger partial charge is 3.00 e. The van der Waals surface area contributed by atoms with Crippen LogP contribution in [-0.4, -0.2) is 4.98 Å². The summed E-state index contributed by atoms with van der Waals surface area (Å²) in [5.41, 5.74) is 1.47. The number of aromatic nitrogens is 1. The summed E-state index contributed by atoms with van der Waals surface area (Å²) in [7, 11) is 0. The number of hydrogen-bond acceptors (Lipinski definition) is 0. The van der Waals surface area contributed by atoms with E-state index in [-0.39, 0.29) is 51.9 Å². The van der Waals surface area contributed by atoms with Gasteiger partial charge in [0.2, 0.25) is 0 Å². The molecule has 0 aromatic carbocycles. The zero-order valence-electron chi connectivity index (χ0n) is 7.41. The van der Waals surface area contributed by atoms with Gasteiger partial charge in [-0.3, -0.25) is 0 Å². The third-order valence-corrected chi connectivity index (χ3v) is 1.35. The van der Waals surface area contributed by atoms with Crippen LogP contribution in [0.25, 0.3) is 0 Å². The van der Waals surface area contributed by atoms with E-state index in [1.54, 1.807) is 0 Å². The minimum Gasteiger partial charge on any atom is -1.00 e. The summed E-state index contributed by atoms with van der Waals surface area (Å²) in [4.78, 5) is 2.91. The molecule has 1 radical (unpaired) electrons. The monoisotopic (exact) mass is 240 g/mol. The van der Waals surface area contributed by atoms with Gasteiger partial charge < -0.3 is 29.8 Å². The first-order valence-corrected chi connectivity index (χ1v) is 3.16. The molecule has 1 nitrogen and oxygen atoms in total. The van der Waals surface area contributed by atoms with E-state index in [9.17, 15) is 0 Å². The van der Waals surface area contributed by atoms with Crippen molar-refractivity contribution in [1.29, 1.82) is 0 Å². The fourth-order valence-electron chi connectivity index (χ4n) is 0.724. The third kappa shape index (κ3) is 5.26. The molecule has 1 rings (SSSR count). The standard InChI is InChI=1S/C8H12N.2ClH.Ti/c1-8(2,3)7-4-5-9-6-7;;;/h4-5,9H,1-3H3;2*1H;/q-1;;;+3/p-2. The van der Waals surface area contributed by atoms with Crippen molar-refractivity contribution in [2.24, 2.45) is 0 Å². The Kier molecular flexibility index (Phi) is 10.8. The molecule has 0 aliphatic heterocycles. The smallest absolute Gasteiger partial charge is 1.00 e. The molecule has 1 aromatic heterocycles. The number of halogens is 2. The number of nitrogens with one attached hydrogen (secondary N) is 1. The van der Waals surface area contributed by atoms with Crippen molar-refractivity contribution >= 4 is 0 Å². The fourth-order valence-corrected chi connectivity index (χ4v) is 0.724. The summed E-state index contributed by atoms with van der Waals surface area (Å²) in [6.45, 7) is 6.52. The molecule has 4 heteroatoms. The summed E-state index contributed by atoms with van der Waals surface area (Å²) >= 11 is 0. The van der Waals surface area contributed by atoms with Crippen molar-refractivity contribution in [2.75, 3.05) is 0 Å². The molecule has 1 aromatic rings. The van der Waals surface area contributed by atoms with E-state index in [1.807, 2.05) is 6.20 Å². The van der Waals surface area contributed by atoms with Gasteiger partial charge >= 0.3 is 21.7 Å². The number of H-pyrrole nitrogens is 1. The Labute approximate surface area is 101 Å². The SMILES string of the molecule is CC(C)(C)c1[c-][nH]cc1.[Cl-].[Cl-].[Ti+3]. The van der Waals surface area contributed by atoms with E-state index in [0.717, 1.165) is 0 Å². The summed E-state index contributed by atoms with van der Waals surface area (Å²) in [6.07, 6.45) is 4.96. The first kappa shape index (κ1) is 18.4. The molecule has 0 aliphatic rings. The maximum Gasteiger partial charge on any atom is 3.00 e. The first-order valence-electron chi connectivity index (χ1n) is 3.16. The fraction of sp³-hybridized carbons (Fsp3) is 0.500. The minimum atomic E-state index is 0. The topological polar surface area (TPSA) is 15.8 Å². The second-order valence-corrected chi connectivity index (χ2v) is 3.27. The van der Waals surface area contributed by atoms with Gasteiger partial charge in [0.15, 0.2) is 0 Å². The normalized spacial score (nSPS) is 8.92. The predicted octanol–water partition coefficient (Wildman–Crippen LogP) is -3.88. The summed E-state index contributed by atoms with van der Waals surface area (Å²) in [6, 6.07) is 2.06. The molecule has 0 bridgehead atoms. The van der Waals surface area contributed by atoms with Crippen molar-refractivity contribution in [3.05, 3.63) is 24.0 Å². The van der Waals surface area contributed by atoms with E-state index in [2.05, 4.69) is 38.0 Å². The van der Waals surface area contributed by atoms with Gasteiger partial charge in [-0.2, -0.15) is 12.3 Å². The van der Waals surface area contributed by atoms with E-state index >= 15 is 0 Å². The number of aromatic amines is 1. The second kappa shape index (κ2) is 7.02. The van der Waals surface area contributed by atoms with Gasteiger partial charge in [0, 0.05) is 0 Å². The van der Waals surface area contributed by atoms with Crippen LogP contribution >= 0.6 is 0 Å². The first-order chi connectivity index (χ1) is 4.11. The molecular formula is C8H12Cl2NTi. The van der Waals surface area contributed by atoms with Crippen LogP contribution in [0.5, 0.6) is 0 Å². The zero-order chi connectivity index (χ0) is 6.91. The maximum absolute atomic E-state index is 3.05. The van der Waals surface area contributed by atoms with Crippen LogP contribution in [0, 0.1) is 6.20 Å². The molecule has 0 atom stereocenters. The van der Waals surface area contributed by atoms with E-state index in [1.165, 1.54) is 5.56 Å². The van der Waals surface area contributed by atoms with Crippen molar-refractivity contribution in [2.45, 2.75) is 26.2 Å². The van der Waals surface area contributed by atoms with Gasteiger partial charge in [-0.05, 0) is 5.41 Å². The van der Waals surface area contributed by atoms with Gasteiger partial charge in [0.1, 0.15) is 0 Å². The molecular weight excluding hydrogens is 229 g/mol. The van der Waals surface area contributed by atoms with Gasteiger partial charge in [0.25, 0.3) is 0 Å².